The SMILES string of the molecule is CC(OC(=O)C1=C(C(F)(F)F)NC(C(F)(F)F)=C(C(=O)OC(C)N2Cc3ccccc3C2)C1c1cccc([N+](=O)[O-])c1)N1Cc2ccccc2C1. The third kappa shape index (κ3) is 7.19. The van der Waals surface area contributed by atoms with Crippen LogP contribution in [0.3, 0.4) is 0 Å². The predicted octanol–water partition coefficient (Wildman–Crippen LogP) is 6.72. The van der Waals surface area contributed by atoms with Crippen LogP contribution in [-0.2, 0) is 45.2 Å². The van der Waals surface area contributed by atoms with Gasteiger partial charge < -0.3 is 14.8 Å². The van der Waals surface area contributed by atoms with Crippen LogP contribution in [0.15, 0.2) is 95.3 Å². The first-order valence-electron chi connectivity index (χ1n) is 15.7. The van der Waals surface area contributed by atoms with E-state index in [1.165, 1.54) is 19.2 Å². The van der Waals surface area contributed by atoms with E-state index in [0.29, 0.717) is 6.07 Å². The topological polar surface area (TPSA) is 114 Å². The lowest BCUT2D eigenvalue weighted by Gasteiger charge is -2.35. The maximum Gasteiger partial charge on any atom is 0.431 e. The van der Waals surface area contributed by atoms with Crippen molar-refractivity contribution in [2.45, 2.75) is 70.8 Å². The monoisotopic (exact) mass is 716 g/mol. The summed E-state index contributed by atoms with van der Waals surface area (Å²) in [5.41, 5.74) is -4.83. The summed E-state index contributed by atoms with van der Waals surface area (Å²) in [5.74, 6) is -5.83. The fourth-order valence-corrected chi connectivity index (χ4v) is 6.55. The molecule has 0 radical (unpaired) electrons. The molecule has 3 aromatic carbocycles. The summed E-state index contributed by atoms with van der Waals surface area (Å²) in [5, 5.41) is 13.0. The van der Waals surface area contributed by atoms with E-state index in [9.17, 15) is 46.0 Å². The average Bonchev–Trinajstić information content (AvgIpc) is 3.71. The summed E-state index contributed by atoms with van der Waals surface area (Å²) in [6, 6.07) is 18.1. The predicted molar refractivity (Wildman–Crippen MR) is 168 cm³/mol. The number of ether oxygens (including phenoxy) is 2. The highest BCUT2D eigenvalue weighted by Crippen LogP contribution is 2.47. The maximum absolute atomic E-state index is 14.7. The lowest BCUT2D eigenvalue weighted by atomic mass is 9.79. The minimum absolute atomic E-state index is 0.260. The first-order chi connectivity index (χ1) is 24.0. The third-order valence-electron chi connectivity index (χ3n) is 9.10. The average molecular weight is 717 g/mol. The van der Waals surface area contributed by atoms with E-state index in [0.717, 1.165) is 40.5 Å². The molecule has 6 rings (SSSR count). The van der Waals surface area contributed by atoms with Crippen molar-refractivity contribution in [1.29, 1.82) is 0 Å². The number of benzene rings is 3. The van der Waals surface area contributed by atoms with Crippen molar-refractivity contribution in [1.82, 2.24) is 15.1 Å². The van der Waals surface area contributed by atoms with E-state index in [1.807, 2.05) is 24.3 Å². The molecule has 51 heavy (non-hydrogen) atoms. The smallest absolute Gasteiger partial charge is 0.431 e. The molecule has 0 aromatic heterocycles. The Kier molecular flexibility index (Phi) is 9.41. The number of nitro groups is 1. The second-order valence-electron chi connectivity index (χ2n) is 12.3. The molecule has 2 unspecified atom stereocenters. The number of nitrogens with one attached hydrogen (secondary N) is 1. The number of alkyl halides is 6. The lowest BCUT2D eigenvalue weighted by molar-refractivity contribution is -0.384. The van der Waals surface area contributed by atoms with Crippen molar-refractivity contribution in [3.05, 3.63) is 133 Å². The number of non-ortho nitro benzene ring substituents is 1. The minimum atomic E-state index is -5.61. The molecule has 0 amide bonds. The van der Waals surface area contributed by atoms with Gasteiger partial charge in [0.2, 0.25) is 0 Å². The third-order valence-corrected chi connectivity index (χ3v) is 9.10. The lowest BCUT2D eigenvalue weighted by Crippen LogP contribution is -2.45. The van der Waals surface area contributed by atoms with Gasteiger partial charge in [-0.3, -0.25) is 19.9 Å². The van der Waals surface area contributed by atoms with Crippen LogP contribution in [0.25, 0.3) is 0 Å². The largest absolute Gasteiger partial charge is 0.443 e. The molecule has 3 aromatic rings. The van der Waals surface area contributed by atoms with Gasteiger partial charge in [-0.15, -0.1) is 0 Å². The molecule has 0 fully saturated rings. The second-order valence-corrected chi connectivity index (χ2v) is 12.3. The van der Waals surface area contributed by atoms with Gasteiger partial charge in [-0.25, -0.2) is 9.59 Å². The molecule has 0 saturated heterocycles. The van der Waals surface area contributed by atoms with Crippen LogP contribution in [-0.4, -0.2) is 51.5 Å². The van der Waals surface area contributed by atoms with E-state index in [2.05, 4.69) is 0 Å². The highest BCUT2D eigenvalue weighted by molar-refractivity contribution is 6.00. The van der Waals surface area contributed by atoms with Crippen LogP contribution in [0, 0.1) is 10.1 Å². The van der Waals surface area contributed by atoms with E-state index in [-0.39, 0.29) is 26.2 Å². The Labute approximate surface area is 287 Å². The highest BCUT2D eigenvalue weighted by atomic mass is 19.4. The first kappa shape index (κ1) is 35.6. The molecule has 16 heteroatoms. The summed E-state index contributed by atoms with van der Waals surface area (Å²) in [4.78, 5) is 41.9. The normalized spacial score (nSPS) is 19.3. The molecule has 268 valence electrons. The Bertz CT molecular complexity index is 1800. The van der Waals surface area contributed by atoms with Gasteiger partial charge in [-0.1, -0.05) is 60.7 Å². The standard InChI is InChI=1S/C35H30F6N4O6/c1-19(43-15-22-8-3-4-9-23(22)16-43)50-32(46)28-27(21-12-7-13-26(14-21)45(48)49)29(31(35(39,40)41)42-30(28)34(36,37)38)33(47)51-20(2)44-17-24-10-5-6-11-25(24)18-44/h3-14,19-20,27,42H,15-18H2,1-2H3. The molecule has 0 bridgehead atoms. The Hall–Kier alpha value is -5.22. The van der Waals surface area contributed by atoms with Gasteiger partial charge in [0.25, 0.3) is 5.69 Å². The molecule has 3 aliphatic heterocycles. The maximum atomic E-state index is 14.7. The van der Waals surface area contributed by atoms with Crippen molar-refractivity contribution in [3.63, 3.8) is 0 Å². The van der Waals surface area contributed by atoms with Crippen LogP contribution >= 0.6 is 0 Å². The van der Waals surface area contributed by atoms with Gasteiger partial charge in [0.1, 0.15) is 11.4 Å². The molecule has 10 nitrogen and oxygen atoms in total. The number of nitrogens with zero attached hydrogens (tertiary/aromatic N) is 3. The number of rotatable bonds is 8. The fraction of sp³-hybridized carbons (Fsp3) is 0.314. The summed E-state index contributed by atoms with van der Waals surface area (Å²) in [6.45, 7) is 3.81. The number of hydrogen-bond donors (Lipinski definition) is 1. The van der Waals surface area contributed by atoms with E-state index in [4.69, 9.17) is 9.47 Å². The van der Waals surface area contributed by atoms with Gasteiger partial charge >= 0.3 is 24.3 Å². The van der Waals surface area contributed by atoms with Crippen molar-refractivity contribution in [2.24, 2.45) is 0 Å². The van der Waals surface area contributed by atoms with Gasteiger partial charge in [-0.05, 0) is 41.7 Å². The number of carbonyl (C=O) groups is 2. The minimum Gasteiger partial charge on any atom is -0.443 e. The number of halogens is 6. The molecule has 3 heterocycles. The summed E-state index contributed by atoms with van der Waals surface area (Å²) in [6.07, 6.45) is -13.6. The van der Waals surface area contributed by atoms with Crippen LogP contribution in [0.1, 0.15) is 47.6 Å². The Balaban J connectivity index is 1.43. The number of carbonyl (C=O) groups excluding carboxylic acids is 2. The van der Waals surface area contributed by atoms with Crippen molar-refractivity contribution < 1.29 is 50.3 Å². The number of allylic oxidation sites excluding steroid dienone is 2. The number of hydrogen-bond acceptors (Lipinski definition) is 9. The van der Waals surface area contributed by atoms with E-state index >= 15 is 0 Å². The zero-order chi connectivity index (χ0) is 36.8. The molecule has 3 aliphatic rings. The molecule has 0 saturated carbocycles. The fourth-order valence-electron chi connectivity index (χ4n) is 6.55. The molecular formula is C35H30F6N4O6. The van der Waals surface area contributed by atoms with Gasteiger partial charge in [-0.2, -0.15) is 26.3 Å². The van der Waals surface area contributed by atoms with Crippen LogP contribution < -0.4 is 5.32 Å². The van der Waals surface area contributed by atoms with Crippen LogP contribution in [0.4, 0.5) is 32.0 Å². The zero-order valence-corrected chi connectivity index (χ0v) is 27.0. The van der Waals surface area contributed by atoms with E-state index in [1.54, 1.807) is 34.1 Å². The molecule has 1 N–H and O–H groups in total. The Morgan fingerprint density at radius 2 is 1.12 bits per heavy atom. The first-order valence-corrected chi connectivity index (χ1v) is 15.7. The second kappa shape index (κ2) is 13.5. The Morgan fingerprint density at radius 1 is 0.725 bits per heavy atom. The summed E-state index contributed by atoms with van der Waals surface area (Å²) < 4.78 is 99.4. The quantitative estimate of drug-likeness (QED) is 0.117. The van der Waals surface area contributed by atoms with Crippen molar-refractivity contribution in [2.75, 3.05) is 0 Å². The number of fused-ring (bicyclic) bond motifs is 2. The number of nitro benzene ring substituents is 1. The molecule has 2 atom stereocenters. The van der Waals surface area contributed by atoms with Gasteiger partial charge in [0.15, 0.2) is 12.5 Å². The Morgan fingerprint density at radius 3 is 1.47 bits per heavy atom. The van der Waals surface area contributed by atoms with E-state index < -0.39 is 81.4 Å². The van der Waals surface area contributed by atoms with Crippen molar-refractivity contribution in [3.8, 4) is 0 Å². The highest BCUT2D eigenvalue weighted by Gasteiger charge is 2.54. The number of esters is 2. The van der Waals surface area contributed by atoms with Gasteiger partial charge in [0, 0.05) is 38.3 Å². The van der Waals surface area contributed by atoms with Crippen LogP contribution in [0.2, 0.25) is 0 Å². The van der Waals surface area contributed by atoms with Gasteiger partial charge in [0.05, 0.1) is 22.0 Å². The molecular weight excluding hydrogens is 686 g/mol. The molecule has 0 spiro atoms. The van der Waals surface area contributed by atoms with Crippen molar-refractivity contribution >= 4 is 17.6 Å². The molecule has 0 aliphatic carbocycles. The summed E-state index contributed by atoms with van der Waals surface area (Å²) >= 11 is 0. The zero-order valence-electron chi connectivity index (χ0n) is 27.0. The van der Waals surface area contributed by atoms with Crippen LogP contribution in [0.5, 0.6) is 0 Å². The number of dihydropyridines is 1. The summed E-state index contributed by atoms with van der Waals surface area (Å²) in [7, 11) is 0.